The average Bonchev–Trinajstić information content (AvgIpc) is 3.45. The Balaban J connectivity index is 1.48. The fourth-order valence-corrected chi connectivity index (χ4v) is 7.58. The summed E-state index contributed by atoms with van der Waals surface area (Å²) in [4.78, 5) is 21.0. The maximum Gasteiger partial charge on any atom is 0.245 e. The van der Waals surface area contributed by atoms with Crippen LogP contribution in [0.25, 0.3) is 10.9 Å². The Morgan fingerprint density at radius 3 is 2.45 bits per heavy atom. The number of benzene rings is 2. The van der Waals surface area contributed by atoms with E-state index >= 15 is 0 Å². The second-order valence-electron chi connectivity index (χ2n) is 9.63. The highest BCUT2D eigenvalue weighted by Gasteiger charge is 2.36. The summed E-state index contributed by atoms with van der Waals surface area (Å²) < 4.78 is 43.3. The van der Waals surface area contributed by atoms with Gasteiger partial charge in [-0.05, 0) is 54.1 Å². The van der Waals surface area contributed by atoms with Gasteiger partial charge in [0.05, 0.1) is 18.6 Å². The summed E-state index contributed by atoms with van der Waals surface area (Å²) in [7, 11) is -4.02. The zero-order valence-electron chi connectivity index (χ0n) is 21.0. The van der Waals surface area contributed by atoms with Gasteiger partial charge in [0.15, 0.2) is 0 Å². The Morgan fingerprint density at radius 1 is 0.947 bits per heavy atom. The van der Waals surface area contributed by atoms with Crippen LogP contribution in [0.1, 0.15) is 42.5 Å². The van der Waals surface area contributed by atoms with Crippen LogP contribution in [0.4, 0.5) is 4.39 Å². The Morgan fingerprint density at radius 2 is 1.71 bits per heavy atom. The summed E-state index contributed by atoms with van der Waals surface area (Å²) in [5.74, 6) is -0.631. The molecule has 1 aliphatic carbocycles. The number of nitrogens with zero attached hydrogens (tertiary/aromatic N) is 3. The molecular formula is C29H30FN3O3S2. The molecule has 2 aromatic carbocycles. The van der Waals surface area contributed by atoms with Crippen LogP contribution in [0.2, 0.25) is 0 Å². The minimum atomic E-state index is -4.02. The van der Waals surface area contributed by atoms with Gasteiger partial charge in [-0.2, -0.15) is 4.31 Å². The first kappa shape index (κ1) is 26.5. The molecule has 1 aliphatic rings. The van der Waals surface area contributed by atoms with Gasteiger partial charge in [0, 0.05) is 29.0 Å². The molecule has 2 aromatic heterocycles. The zero-order valence-corrected chi connectivity index (χ0v) is 22.6. The van der Waals surface area contributed by atoms with Crippen molar-refractivity contribution in [2.24, 2.45) is 0 Å². The number of halogens is 1. The van der Waals surface area contributed by atoms with Gasteiger partial charge in [-0.25, -0.2) is 12.8 Å². The van der Waals surface area contributed by atoms with Gasteiger partial charge < -0.3 is 4.90 Å². The molecule has 198 valence electrons. The van der Waals surface area contributed by atoms with Gasteiger partial charge >= 0.3 is 0 Å². The molecule has 0 atom stereocenters. The molecule has 9 heteroatoms. The molecule has 5 rings (SSSR count). The van der Waals surface area contributed by atoms with Crippen LogP contribution in [-0.2, 0) is 27.9 Å². The first-order valence-electron chi connectivity index (χ1n) is 12.8. The lowest BCUT2D eigenvalue weighted by molar-refractivity contribution is -0.133. The van der Waals surface area contributed by atoms with Gasteiger partial charge in [-0.3, -0.25) is 9.78 Å². The Bertz CT molecular complexity index is 1480. The minimum absolute atomic E-state index is 0.123. The highest BCUT2D eigenvalue weighted by atomic mass is 32.2. The largest absolute Gasteiger partial charge is 0.332 e. The fraction of sp³-hybridized carbons (Fsp3) is 0.310. The maximum atomic E-state index is 14.2. The molecule has 1 saturated carbocycles. The van der Waals surface area contributed by atoms with Crippen LogP contribution in [0.5, 0.6) is 0 Å². The molecule has 2 heterocycles. The Hall–Kier alpha value is -3.14. The van der Waals surface area contributed by atoms with Crippen molar-refractivity contribution in [3.8, 4) is 0 Å². The van der Waals surface area contributed by atoms with E-state index in [2.05, 4.69) is 4.98 Å². The van der Waals surface area contributed by atoms with Gasteiger partial charge in [0.1, 0.15) is 10.7 Å². The van der Waals surface area contributed by atoms with Gasteiger partial charge in [-0.1, -0.05) is 55.7 Å². The average molecular weight is 552 g/mol. The number of carbonyl (C=O) groups excluding carboxylic acids is 1. The molecule has 0 radical (unpaired) electrons. The maximum absolute atomic E-state index is 14.2. The zero-order chi connectivity index (χ0) is 26.5. The van der Waals surface area contributed by atoms with E-state index in [1.165, 1.54) is 27.8 Å². The molecule has 0 N–H and O–H groups in total. The molecule has 4 aromatic rings. The number of hydrogen-bond donors (Lipinski definition) is 0. The monoisotopic (exact) mass is 551 g/mol. The van der Waals surface area contributed by atoms with Crippen molar-refractivity contribution in [1.82, 2.24) is 14.2 Å². The summed E-state index contributed by atoms with van der Waals surface area (Å²) >= 11 is 1.54. The van der Waals surface area contributed by atoms with Crippen molar-refractivity contribution in [2.45, 2.75) is 56.1 Å². The third-order valence-corrected chi connectivity index (χ3v) is 9.81. The van der Waals surface area contributed by atoms with E-state index in [1.54, 1.807) is 41.4 Å². The topological polar surface area (TPSA) is 70.6 Å². The van der Waals surface area contributed by atoms with E-state index in [9.17, 15) is 17.6 Å². The van der Waals surface area contributed by atoms with Gasteiger partial charge in [0.2, 0.25) is 15.9 Å². The third-order valence-electron chi connectivity index (χ3n) is 7.02. The van der Waals surface area contributed by atoms with Crippen LogP contribution < -0.4 is 0 Å². The smallest absolute Gasteiger partial charge is 0.245 e. The van der Waals surface area contributed by atoms with E-state index in [0.29, 0.717) is 24.9 Å². The SMILES string of the molecule is O=C(CN(C1CCCCC1)S(=O)(=O)c1cccc2cccnc12)N(Cc1ccc(F)cc1)Cc1cccs1. The summed E-state index contributed by atoms with van der Waals surface area (Å²) in [5.41, 5.74) is 1.19. The second kappa shape index (κ2) is 11.7. The Labute approximate surface area is 226 Å². The summed E-state index contributed by atoms with van der Waals surface area (Å²) in [6.45, 7) is 0.344. The van der Waals surface area contributed by atoms with E-state index in [1.807, 2.05) is 29.6 Å². The minimum Gasteiger partial charge on any atom is -0.332 e. The van der Waals surface area contributed by atoms with E-state index in [4.69, 9.17) is 0 Å². The van der Waals surface area contributed by atoms with E-state index in [-0.39, 0.29) is 35.8 Å². The summed E-state index contributed by atoms with van der Waals surface area (Å²) in [6.07, 6.45) is 5.92. The molecule has 0 aliphatic heterocycles. The van der Waals surface area contributed by atoms with E-state index < -0.39 is 10.0 Å². The number of hydrogen-bond acceptors (Lipinski definition) is 5. The Kier molecular flexibility index (Phi) is 8.16. The van der Waals surface area contributed by atoms with Crippen molar-refractivity contribution >= 4 is 38.2 Å². The molecular weight excluding hydrogens is 521 g/mol. The van der Waals surface area contributed by atoms with Crippen LogP contribution in [-0.4, -0.2) is 41.1 Å². The van der Waals surface area contributed by atoms with Crippen LogP contribution in [0.3, 0.4) is 0 Å². The van der Waals surface area contributed by atoms with Crippen molar-refractivity contribution < 1.29 is 17.6 Å². The number of fused-ring (bicyclic) bond motifs is 1. The van der Waals surface area contributed by atoms with Crippen molar-refractivity contribution in [3.05, 3.63) is 94.6 Å². The highest BCUT2D eigenvalue weighted by Crippen LogP contribution is 2.31. The molecule has 0 saturated heterocycles. The summed E-state index contributed by atoms with van der Waals surface area (Å²) in [6, 6.07) is 18.4. The highest BCUT2D eigenvalue weighted by molar-refractivity contribution is 7.89. The van der Waals surface area contributed by atoms with Crippen molar-refractivity contribution in [1.29, 1.82) is 0 Å². The van der Waals surface area contributed by atoms with Crippen LogP contribution in [0, 0.1) is 5.82 Å². The van der Waals surface area contributed by atoms with Crippen molar-refractivity contribution in [3.63, 3.8) is 0 Å². The molecule has 0 unspecified atom stereocenters. The molecule has 6 nitrogen and oxygen atoms in total. The first-order chi connectivity index (χ1) is 18.4. The summed E-state index contributed by atoms with van der Waals surface area (Å²) in [5, 5.41) is 2.68. The number of aromatic nitrogens is 1. The van der Waals surface area contributed by atoms with Crippen LogP contribution in [0.15, 0.2) is 83.2 Å². The quantitative estimate of drug-likeness (QED) is 0.256. The normalized spacial score (nSPS) is 14.7. The van der Waals surface area contributed by atoms with Gasteiger partial charge in [0.25, 0.3) is 0 Å². The van der Waals surface area contributed by atoms with Crippen molar-refractivity contribution in [2.75, 3.05) is 6.54 Å². The van der Waals surface area contributed by atoms with E-state index in [0.717, 1.165) is 35.1 Å². The lowest BCUT2D eigenvalue weighted by Crippen LogP contribution is -2.47. The lowest BCUT2D eigenvalue weighted by Gasteiger charge is -2.34. The third kappa shape index (κ3) is 5.95. The number of rotatable bonds is 9. The van der Waals surface area contributed by atoms with Gasteiger partial charge in [-0.15, -0.1) is 11.3 Å². The predicted molar refractivity (Wildman–Crippen MR) is 147 cm³/mol. The standard InChI is InChI=1S/C29H30FN3O3S2/c30-24-15-13-22(14-16-24)19-32(20-26-11-6-18-37-26)28(34)21-33(25-9-2-1-3-10-25)38(35,36)27-12-4-7-23-8-5-17-31-29(23)27/h4-8,11-18,25H,1-3,9-10,19-21H2. The molecule has 0 spiro atoms. The number of carbonyl (C=O) groups is 1. The number of pyridine rings is 1. The molecule has 1 fully saturated rings. The first-order valence-corrected chi connectivity index (χ1v) is 15.1. The molecule has 1 amide bonds. The number of para-hydroxylation sites is 1. The molecule has 0 bridgehead atoms. The molecule has 38 heavy (non-hydrogen) atoms. The van der Waals surface area contributed by atoms with Crippen LogP contribution >= 0.6 is 11.3 Å². The lowest BCUT2D eigenvalue weighted by atomic mass is 9.95. The fourth-order valence-electron chi connectivity index (χ4n) is 5.06. The predicted octanol–water partition coefficient (Wildman–Crippen LogP) is 5.99. The number of sulfonamides is 1. The number of thiophene rings is 1. The number of amides is 1. The second-order valence-corrected chi connectivity index (χ2v) is 12.5.